The zero-order chi connectivity index (χ0) is 12.1. The first-order valence-corrected chi connectivity index (χ1v) is 5.77. The van der Waals surface area contributed by atoms with Crippen LogP contribution in [0.15, 0.2) is 29.9 Å². The molecule has 4 nitrogen and oxygen atoms in total. The van der Waals surface area contributed by atoms with E-state index in [1.807, 2.05) is 17.5 Å². The third-order valence-electron chi connectivity index (χ3n) is 1.87. The molecule has 2 aromatic rings. The van der Waals surface area contributed by atoms with Gasteiger partial charge < -0.3 is 5.73 Å². The van der Waals surface area contributed by atoms with Crippen LogP contribution in [0.2, 0.25) is 0 Å². The van der Waals surface area contributed by atoms with Crippen LogP contribution in [0.4, 0.5) is 0 Å². The van der Waals surface area contributed by atoms with E-state index in [1.165, 1.54) is 11.3 Å². The number of hydrogen-bond acceptors (Lipinski definition) is 4. The van der Waals surface area contributed by atoms with Crippen molar-refractivity contribution in [1.29, 1.82) is 0 Å². The molecule has 0 fully saturated rings. The molecule has 0 radical (unpaired) electrons. The number of carbonyl (C=O) groups excluding carboxylic acids is 1. The van der Waals surface area contributed by atoms with Crippen LogP contribution in [0.3, 0.4) is 0 Å². The largest absolute Gasteiger partial charge is 0.369 e. The van der Waals surface area contributed by atoms with Crippen molar-refractivity contribution in [2.45, 2.75) is 6.42 Å². The Morgan fingerprint density at radius 2 is 2.35 bits per heavy atom. The lowest BCUT2D eigenvalue weighted by Gasteiger charge is -1.87. The van der Waals surface area contributed by atoms with Gasteiger partial charge in [-0.2, -0.15) is 0 Å². The number of nitrogens with two attached hydrogens (primary N) is 1. The Kier molecular flexibility index (Phi) is 3.48. The number of amides is 1. The molecule has 2 aromatic heterocycles. The third-order valence-corrected chi connectivity index (χ3v) is 2.72. The molecule has 0 atom stereocenters. The molecule has 2 N–H and O–H groups in total. The lowest BCUT2D eigenvalue weighted by atomic mass is 10.3. The van der Waals surface area contributed by atoms with Crippen molar-refractivity contribution in [3.63, 3.8) is 0 Å². The molecular weight excluding hydrogens is 234 g/mol. The zero-order valence-electron chi connectivity index (χ0n) is 8.88. The number of hydrogen-bond donors (Lipinski definition) is 1. The summed E-state index contributed by atoms with van der Waals surface area (Å²) in [4.78, 5) is 18.9. The summed E-state index contributed by atoms with van der Waals surface area (Å²) in [6.45, 7) is 0. The summed E-state index contributed by atoms with van der Waals surface area (Å²) in [5, 5.41) is 2.50. The van der Waals surface area contributed by atoms with Gasteiger partial charge in [0.05, 0.1) is 6.42 Å². The van der Waals surface area contributed by atoms with Crippen molar-refractivity contribution in [2.24, 2.45) is 5.73 Å². The molecule has 2 heterocycles. The molecular formula is C12H9N3OS. The van der Waals surface area contributed by atoms with Gasteiger partial charge in [0, 0.05) is 23.3 Å². The summed E-state index contributed by atoms with van der Waals surface area (Å²) in [5.74, 6) is 5.47. The van der Waals surface area contributed by atoms with E-state index in [4.69, 9.17) is 5.73 Å². The highest BCUT2D eigenvalue weighted by atomic mass is 32.1. The highest BCUT2D eigenvalue weighted by Crippen LogP contribution is 2.09. The van der Waals surface area contributed by atoms with Crippen LogP contribution < -0.4 is 5.73 Å². The first-order chi connectivity index (χ1) is 8.24. The maximum atomic E-state index is 10.7. The summed E-state index contributed by atoms with van der Waals surface area (Å²) in [6.07, 6.45) is 3.54. The highest BCUT2D eigenvalue weighted by Gasteiger charge is 2.02. The third kappa shape index (κ3) is 3.40. The van der Waals surface area contributed by atoms with Gasteiger partial charge in [0.25, 0.3) is 0 Å². The van der Waals surface area contributed by atoms with Gasteiger partial charge >= 0.3 is 0 Å². The van der Waals surface area contributed by atoms with E-state index in [0.717, 1.165) is 5.56 Å². The maximum absolute atomic E-state index is 10.7. The number of nitrogens with zero attached hydrogens (tertiary/aromatic N) is 2. The van der Waals surface area contributed by atoms with Gasteiger partial charge in [-0.05, 0) is 18.1 Å². The number of aromatic nitrogens is 2. The van der Waals surface area contributed by atoms with E-state index in [0.29, 0.717) is 10.7 Å². The number of thiazole rings is 1. The number of carbonyl (C=O) groups is 1. The monoisotopic (exact) mass is 243 g/mol. The lowest BCUT2D eigenvalue weighted by molar-refractivity contribution is -0.117. The van der Waals surface area contributed by atoms with Crippen LogP contribution in [0, 0.1) is 11.8 Å². The molecule has 0 aliphatic heterocycles. The van der Waals surface area contributed by atoms with Crippen LogP contribution in [-0.4, -0.2) is 15.9 Å². The Morgan fingerprint density at radius 3 is 3.06 bits per heavy atom. The Labute approximate surface area is 103 Å². The first kappa shape index (κ1) is 11.3. The van der Waals surface area contributed by atoms with Gasteiger partial charge in [0.1, 0.15) is 10.7 Å². The Balaban J connectivity index is 2.12. The van der Waals surface area contributed by atoms with Gasteiger partial charge in [-0.25, -0.2) is 4.98 Å². The molecule has 0 spiro atoms. The molecule has 0 saturated carbocycles. The van der Waals surface area contributed by atoms with Gasteiger partial charge in [0.15, 0.2) is 0 Å². The van der Waals surface area contributed by atoms with Crippen LogP contribution in [-0.2, 0) is 11.2 Å². The first-order valence-electron chi connectivity index (χ1n) is 4.89. The second-order valence-electron chi connectivity index (χ2n) is 3.26. The van der Waals surface area contributed by atoms with Crippen molar-refractivity contribution >= 4 is 17.2 Å². The second-order valence-corrected chi connectivity index (χ2v) is 4.20. The summed E-state index contributed by atoms with van der Waals surface area (Å²) in [6, 6.07) is 3.69. The van der Waals surface area contributed by atoms with Crippen LogP contribution in [0.25, 0.3) is 0 Å². The molecule has 84 valence electrons. The van der Waals surface area contributed by atoms with Crippen molar-refractivity contribution in [1.82, 2.24) is 9.97 Å². The number of pyridine rings is 1. The molecule has 1 amide bonds. The predicted molar refractivity (Wildman–Crippen MR) is 65.2 cm³/mol. The molecule has 17 heavy (non-hydrogen) atoms. The smallest absolute Gasteiger partial charge is 0.224 e. The molecule has 0 unspecified atom stereocenters. The van der Waals surface area contributed by atoms with E-state index in [-0.39, 0.29) is 12.3 Å². The fourth-order valence-electron chi connectivity index (χ4n) is 1.17. The summed E-state index contributed by atoms with van der Waals surface area (Å²) < 4.78 is 0. The number of rotatable bonds is 2. The average molecular weight is 243 g/mol. The van der Waals surface area contributed by atoms with E-state index >= 15 is 0 Å². The Morgan fingerprint density at radius 1 is 1.47 bits per heavy atom. The van der Waals surface area contributed by atoms with Crippen LogP contribution >= 0.6 is 11.3 Å². The summed E-state index contributed by atoms with van der Waals surface area (Å²) >= 11 is 1.38. The standard InChI is InChI=1S/C12H9N3OS/c13-11(16)6-12-15-10(8-17-12)4-3-9-2-1-5-14-7-9/h1-2,5,7-8H,6H2,(H2,13,16). The van der Waals surface area contributed by atoms with E-state index < -0.39 is 0 Å². The minimum atomic E-state index is -0.383. The van der Waals surface area contributed by atoms with Crippen LogP contribution in [0.5, 0.6) is 0 Å². The molecule has 0 aromatic carbocycles. The topological polar surface area (TPSA) is 68.9 Å². The lowest BCUT2D eigenvalue weighted by Crippen LogP contribution is -2.13. The predicted octanol–water partition coefficient (Wildman–Crippen LogP) is 0.966. The SMILES string of the molecule is NC(=O)Cc1nc(C#Cc2cccnc2)cs1. The maximum Gasteiger partial charge on any atom is 0.224 e. The van der Waals surface area contributed by atoms with Gasteiger partial charge in [-0.1, -0.05) is 5.92 Å². The van der Waals surface area contributed by atoms with Crippen molar-refractivity contribution in [3.8, 4) is 11.8 Å². The molecule has 0 bridgehead atoms. The minimum Gasteiger partial charge on any atom is -0.369 e. The zero-order valence-corrected chi connectivity index (χ0v) is 9.70. The quantitative estimate of drug-likeness (QED) is 0.799. The second kappa shape index (κ2) is 5.23. The Hall–Kier alpha value is -2.19. The summed E-state index contributed by atoms with van der Waals surface area (Å²) in [5.41, 5.74) is 6.56. The molecule has 5 heteroatoms. The van der Waals surface area contributed by atoms with Crippen LogP contribution in [0.1, 0.15) is 16.3 Å². The fourth-order valence-corrected chi connectivity index (χ4v) is 1.91. The molecule has 2 rings (SSSR count). The fraction of sp³-hybridized carbons (Fsp3) is 0.0833. The van der Waals surface area contributed by atoms with Gasteiger partial charge in [-0.3, -0.25) is 9.78 Å². The minimum absolute atomic E-state index is 0.166. The average Bonchev–Trinajstić information content (AvgIpc) is 2.75. The normalized spacial score (nSPS) is 9.41. The highest BCUT2D eigenvalue weighted by molar-refractivity contribution is 7.09. The molecule has 0 aliphatic rings. The Bertz CT molecular complexity index is 581. The number of primary amides is 1. The van der Waals surface area contributed by atoms with Crippen molar-refractivity contribution < 1.29 is 4.79 Å². The van der Waals surface area contributed by atoms with E-state index in [1.54, 1.807) is 12.4 Å². The van der Waals surface area contributed by atoms with Crippen molar-refractivity contribution in [2.75, 3.05) is 0 Å². The summed E-state index contributed by atoms with van der Waals surface area (Å²) in [7, 11) is 0. The van der Waals surface area contributed by atoms with E-state index in [2.05, 4.69) is 21.8 Å². The molecule has 0 aliphatic carbocycles. The van der Waals surface area contributed by atoms with E-state index in [9.17, 15) is 4.79 Å². The van der Waals surface area contributed by atoms with Gasteiger partial charge in [0.2, 0.25) is 5.91 Å². The molecule has 0 saturated heterocycles. The van der Waals surface area contributed by atoms with Gasteiger partial charge in [-0.15, -0.1) is 11.3 Å². The van der Waals surface area contributed by atoms with Crippen molar-refractivity contribution in [3.05, 3.63) is 46.2 Å².